The Morgan fingerprint density at radius 2 is 1.76 bits per heavy atom. The maximum Gasteiger partial charge on any atom is 0.305 e. The highest BCUT2D eigenvalue weighted by Gasteiger charge is 2.37. The Kier molecular flexibility index (Phi) is 11.0. The summed E-state index contributed by atoms with van der Waals surface area (Å²) in [5, 5.41) is 12.5. The van der Waals surface area contributed by atoms with E-state index in [-0.39, 0.29) is 30.2 Å². The molecule has 45 heavy (non-hydrogen) atoms. The van der Waals surface area contributed by atoms with Gasteiger partial charge in [0.05, 0.1) is 29.9 Å². The number of rotatable bonds is 12. The van der Waals surface area contributed by atoms with Crippen molar-refractivity contribution in [1.29, 1.82) is 0 Å². The number of aromatic nitrogens is 1. The Balaban J connectivity index is 1.92. The van der Waals surface area contributed by atoms with Gasteiger partial charge in [-0.3, -0.25) is 9.59 Å². The molecule has 4 rings (SSSR count). The van der Waals surface area contributed by atoms with Gasteiger partial charge in [-0.2, -0.15) is 0 Å². The molecule has 238 valence electrons. The highest BCUT2D eigenvalue weighted by atomic mass is 19.1. The summed E-state index contributed by atoms with van der Waals surface area (Å²) in [6.45, 7) is 13.8. The van der Waals surface area contributed by atoms with Crippen LogP contribution in [0.4, 0.5) is 4.39 Å². The van der Waals surface area contributed by atoms with E-state index >= 15 is 0 Å². The number of carbonyl (C=O) groups excluding carboxylic acids is 1. The second-order valence-electron chi connectivity index (χ2n) is 12.0. The number of ether oxygens (including phenoxy) is 2. The van der Waals surface area contributed by atoms with Gasteiger partial charge in [-0.05, 0) is 80.7 Å². The SMILES string of the molecule is C=C/C=C(\C=C/C)NC(=O)c1c(-c2ccccc2)c(-c2ccc(F)cc2)n(CC[C@@H]2C[C@H](CC(=O)O)OC(C)(C)O2)c1C(C)C. The summed E-state index contributed by atoms with van der Waals surface area (Å²) < 4.78 is 28.5. The standard InChI is InChI=1S/C37H43FN2O5/c1-7-12-28(13-8-2)39-36(43)33-32(25-14-10-9-11-15-25)35(26-16-18-27(38)19-17-26)40(34(33)24(3)4)21-20-29-22-30(23-31(41)42)45-37(5,6)44-29/h7-19,24,29-30H,1,20-23H2,2-6H3,(H,39,43)(H,41,42)/b13-8-,28-12+/t29-,30-/m1/s1. The van der Waals surface area contributed by atoms with Crippen molar-refractivity contribution in [2.45, 2.75) is 84.3 Å². The maximum absolute atomic E-state index is 14.3. The average molecular weight is 615 g/mol. The Morgan fingerprint density at radius 1 is 1.09 bits per heavy atom. The van der Waals surface area contributed by atoms with Gasteiger partial charge in [0.1, 0.15) is 5.82 Å². The van der Waals surface area contributed by atoms with Crippen LogP contribution in [0, 0.1) is 5.82 Å². The minimum atomic E-state index is -0.943. The molecule has 1 saturated heterocycles. The molecule has 1 aliphatic heterocycles. The number of halogens is 1. The van der Waals surface area contributed by atoms with Crippen molar-refractivity contribution in [3.05, 3.63) is 108 Å². The van der Waals surface area contributed by atoms with Crippen molar-refractivity contribution < 1.29 is 28.6 Å². The van der Waals surface area contributed by atoms with Gasteiger partial charge in [0, 0.05) is 29.9 Å². The van der Waals surface area contributed by atoms with E-state index in [4.69, 9.17) is 9.47 Å². The molecule has 1 amide bonds. The van der Waals surface area contributed by atoms with Crippen molar-refractivity contribution in [3.63, 3.8) is 0 Å². The average Bonchev–Trinajstić information content (AvgIpc) is 3.31. The minimum absolute atomic E-state index is 0.0669. The van der Waals surface area contributed by atoms with E-state index in [0.717, 1.165) is 28.1 Å². The van der Waals surface area contributed by atoms with Crippen molar-refractivity contribution >= 4 is 11.9 Å². The lowest BCUT2D eigenvalue weighted by Gasteiger charge is -2.40. The fraction of sp³-hybridized carbons (Fsp3) is 0.351. The second kappa shape index (κ2) is 14.7. The third-order valence-corrected chi connectivity index (χ3v) is 7.66. The molecule has 7 nitrogen and oxygen atoms in total. The van der Waals surface area contributed by atoms with Gasteiger partial charge in [0.15, 0.2) is 5.79 Å². The van der Waals surface area contributed by atoms with E-state index in [2.05, 4.69) is 30.3 Å². The number of hydrogen-bond acceptors (Lipinski definition) is 4. The first-order chi connectivity index (χ1) is 21.4. The molecule has 3 aromatic rings. The number of nitrogens with one attached hydrogen (secondary N) is 1. The quantitative estimate of drug-likeness (QED) is 0.201. The summed E-state index contributed by atoms with van der Waals surface area (Å²) in [6, 6.07) is 16.1. The Morgan fingerprint density at radius 3 is 2.36 bits per heavy atom. The number of carboxylic acids is 1. The summed E-state index contributed by atoms with van der Waals surface area (Å²) >= 11 is 0. The molecular weight excluding hydrogens is 571 g/mol. The fourth-order valence-electron chi connectivity index (χ4n) is 6.12. The molecule has 1 aromatic heterocycles. The van der Waals surface area contributed by atoms with Crippen molar-refractivity contribution in [1.82, 2.24) is 9.88 Å². The fourth-order valence-corrected chi connectivity index (χ4v) is 6.12. The van der Waals surface area contributed by atoms with Crippen LogP contribution >= 0.6 is 0 Å². The summed E-state index contributed by atoms with van der Waals surface area (Å²) in [5.74, 6) is -2.55. The van der Waals surface area contributed by atoms with Crippen LogP contribution in [0.2, 0.25) is 0 Å². The van der Waals surface area contributed by atoms with Crippen molar-refractivity contribution in [3.8, 4) is 22.4 Å². The number of carbonyl (C=O) groups is 2. The molecule has 0 aliphatic carbocycles. The highest BCUT2D eigenvalue weighted by molar-refractivity contribution is 6.07. The van der Waals surface area contributed by atoms with Crippen LogP contribution in [-0.4, -0.2) is 39.5 Å². The van der Waals surface area contributed by atoms with Crippen molar-refractivity contribution in [2.24, 2.45) is 0 Å². The molecule has 2 aromatic carbocycles. The lowest BCUT2D eigenvalue weighted by atomic mass is 9.94. The van der Waals surface area contributed by atoms with Crippen LogP contribution in [0.25, 0.3) is 22.4 Å². The number of benzene rings is 2. The number of aliphatic carboxylic acids is 1. The lowest BCUT2D eigenvalue weighted by molar-refractivity contribution is -0.300. The van der Waals surface area contributed by atoms with Gasteiger partial charge in [0.25, 0.3) is 5.91 Å². The number of hydrogen-bond donors (Lipinski definition) is 2. The zero-order valence-electron chi connectivity index (χ0n) is 26.7. The van der Waals surface area contributed by atoms with Crippen LogP contribution < -0.4 is 5.32 Å². The second-order valence-corrected chi connectivity index (χ2v) is 12.0. The van der Waals surface area contributed by atoms with Gasteiger partial charge in [-0.15, -0.1) is 0 Å². The van der Waals surface area contributed by atoms with Gasteiger partial charge in [-0.25, -0.2) is 4.39 Å². The van der Waals surface area contributed by atoms with Crippen molar-refractivity contribution in [2.75, 3.05) is 0 Å². The molecule has 2 heterocycles. The molecule has 0 unspecified atom stereocenters. The van der Waals surface area contributed by atoms with Crippen LogP contribution in [-0.2, 0) is 20.8 Å². The zero-order valence-corrected chi connectivity index (χ0v) is 26.7. The van der Waals surface area contributed by atoms with Crippen LogP contribution in [0.3, 0.4) is 0 Å². The minimum Gasteiger partial charge on any atom is -0.481 e. The van der Waals surface area contributed by atoms with Crippen LogP contribution in [0.5, 0.6) is 0 Å². The van der Waals surface area contributed by atoms with Crippen LogP contribution in [0.1, 0.15) is 75.9 Å². The first-order valence-corrected chi connectivity index (χ1v) is 15.4. The normalized spacial score (nSPS) is 18.3. The van der Waals surface area contributed by atoms with E-state index in [1.807, 2.05) is 49.4 Å². The predicted octanol–water partition coefficient (Wildman–Crippen LogP) is 8.24. The van der Waals surface area contributed by atoms with Gasteiger partial charge in [0.2, 0.25) is 0 Å². The number of carboxylic acid groups (broad SMARTS) is 1. The summed E-state index contributed by atoms with van der Waals surface area (Å²) in [5.41, 5.74) is 5.13. The largest absolute Gasteiger partial charge is 0.481 e. The summed E-state index contributed by atoms with van der Waals surface area (Å²) in [4.78, 5) is 25.8. The molecule has 0 saturated carbocycles. The van der Waals surface area contributed by atoms with E-state index in [1.54, 1.807) is 38.1 Å². The molecule has 8 heteroatoms. The predicted molar refractivity (Wildman–Crippen MR) is 175 cm³/mol. The summed E-state index contributed by atoms with van der Waals surface area (Å²) in [6.07, 6.45) is 7.12. The topological polar surface area (TPSA) is 89.8 Å². The Bertz CT molecular complexity index is 1570. The van der Waals surface area contributed by atoms with E-state index in [1.165, 1.54) is 12.1 Å². The molecule has 0 radical (unpaired) electrons. The number of amides is 1. The third kappa shape index (κ3) is 8.26. The molecule has 1 aliphatic rings. The molecule has 2 atom stereocenters. The van der Waals surface area contributed by atoms with Crippen LogP contribution in [0.15, 0.2) is 91.2 Å². The first-order valence-electron chi connectivity index (χ1n) is 15.4. The smallest absolute Gasteiger partial charge is 0.305 e. The number of allylic oxidation sites excluding steroid dienone is 4. The molecular formula is C37H43FN2O5. The van der Waals surface area contributed by atoms with E-state index in [0.29, 0.717) is 30.6 Å². The molecule has 0 spiro atoms. The molecule has 1 fully saturated rings. The van der Waals surface area contributed by atoms with E-state index < -0.39 is 17.9 Å². The highest BCUT2D eigenvalue weighted by Crippen LogP contribution is 2.43. The molecule has 0 bridgehead atoms. The van der Waals surface area contributed by atoms with Gasteiger partial charge >= 0.3 is 5.97 Å². The third-order valence-electron chi connectivity index (χ3n) is 7.66. The van der Waals surface area contributed by atoms with Gasteiger partial charge < -0.3 is 24.5 Å². The maximum atomic E-state index is 14.3. The lowest BCUT2D eigenvalue weighted by Crippen LogP contribution is -2.45. The van der Waals surface area contributed by atoms with E-state index in [9.17, 15) is 19.1 Å². The number of nitrogens with zero attached hydrogens (tertiary/aromatic N) is 1. The monoisotopic (exact) mass is 614 g/mol. The zero-order chi connectivity index (χ0) is 32.7. The molecule has 2 N–H and O–H groups in total. The Labute approximate surface area is 265 Å². The summed E-state index contributed by atoms with van der Waals surface area (Å²) in [7, 11) is 0. The Hall–Kier alpha value is -4.27. The first kappa shape index (κ1) is 33.6. The van der Waals surface area contributed by atoms with Gasteiger partial charge in [-0.1, -0.05) is 62.9 Å².